The molecule has 0 atom stereocenters. The van der Waals surface area contributed by atoms with E-state index in [0.29, 0.717) is 0 Å². The molecule has 18 heavy (non-hydrogen) atoms. The lowest BCUT2D eigenvalue weighted by Crippen LogP contribution is -2.21. The first kappa shape index (κ1) is 19.7. The molecular formula is C12H26N2O2S2. The molecule has 0 bridgehead atoms. The first-order valence-corrected chi connectivity index (χ1v) is 7.27. The molecule has 108 valence electrons. The van der Waals surface area contributed by atoms with Gasteiger partial charge in [0.25, 0.3) is 10.3 Å². The lowest BCUT2D eigenvalue weighted by molar-refractivity contribution is 0.519. The summed E-state index contributed by atoms with van der Waals surface area (Å²) in [7, 11) is 0. The molecule has 0 aromatic heterocycles. The van der Waals surface area contributed by atoms with Crippen molar-refractivity contribution < 1.29 is 10.2 Å². The highest BCUT2D eigenvalue weighted by Crippen LogP contribution is 2.07. The van der Waals surface area contributed by atoms with Crippen molar-refractivity contribution in [3.8, 4) is 0 Å². The number of rotatable bonds is 9. The second-order valence-electron chi connectivity index (χ2n) is 4.05. The van der Waals surface area contributed by atoms with Crippen molar-refractivity contribution in [3.63, 3.8) is 0 Å². The summed E-state index contributed by atoms with van der Waals surface area (Å²) in [5, 5.41) is 18.4. The number of hydrogen-bond donors (Lipinski definition) is 4. The molecular weight excluding hydrogens is 268 g/mol. The minimum absolute atomic E-state index is 0.0760. The van der Waals surface area contributed by atoms with Crippen LogP contribution in [0.4, 0.5) is 0 Å². The van der Waals surface area contributed by atoms with E-state index in [4.69, 9.17) is 10.2 Å². The van der Waals surface area contributed by atoms with Crippen LogP contribution >= 0.6 is 24.4 Å². The van der Waals surface area contributed by atoms with E-state index in [0.717, 1.165) is 13.0 Å². The zero-order chi connectivity index (χ0) is 14.2. The van der Waals surface area contributed by atoms with Crippen LogP contribution in [-0.2, 0) is 0 Å². The summed E-state index contributed by atoms with van der Waals surface area (Å²) in [5.74, 6) is 0. The zero-order valence-electron chi connectivity index (χ0n) is 11.2. The molecule has 0 rings (SSSR count). The van der Waals surface area contributed by atoms with Crippen molar-refractivity contribution in [2.45, 2.75) is 58.3 Å². The van der Waals surface area contributed by atoms with Crippen LogP contribution in [0.3, 0.4) is 0 Å². The molecule has 0 radical (unpaired) electrons. The van der Waals surface area contributed by atoms with Gasteiger partial charge in [-0.15, -0.1) is 0 Å². The average Bonchev–Trinajstić information content (AvgIpc) is 2.26. The van der Waals surface area contributed by atoms with Gasteiger partial charge in [-0.05, 0) is 30.9 Å². The second-order valence-corrected chi connectivity index (χ2v) is 4.85. The van der Waals surface area contributed by atoms with E-state index in [1.54, 1.807) is 0 Å². The third-order valence-corrected chi connectivity index (χ3v) is 2.45. The summed E-state index contributed by atoms with van der Waals surface area (Å²) in [5.41, 5.74) is 4.40. The maximum absolute atomic E-state index is 8.67. The summed E-state index contributed by atoms with van der Waals surface area (Å²) < 4.78 is 0. The lowest BCUT2D eigenvalue weighted by atomic mass is 10.1. The highest BCUT2D eigenvalue weighted by molar-refractivity contribution is 7.80. The predicted molar refractivity (Wildman–Crippen MR) is 85.3 cm³/mol. The quantitative estimate of drug-likeness (QED) is 0.386. The van der Waals surface area contributed by atoms with Crippen molar-refractivity contribution >= 4 is 34.8 Å². The number of hydrogen-bond acceptors (Lipinski definition) is 2. The van der Waals surface area contributed by atoms with E-state index < -0.39 is 5.17 Å². The fraction of sp³-hybridized carbons (Fsp3) is 0.833. The van der Waals surface area contributed by atoms with Gasteiger partial charge in [0.05, 0.1) is 0 Å². The zero-order valence-corrected chi connectivity index (χ0v) is 12.8. The number of thiocarbonyl (C=S) groups is 2. The Balaban J connectivity index is 0. The van der Waals surface area contributed by atoms with E-state index in [2.05, 4.69) is 42.4 Å². The molecule has 0 saturated carbocycles. The third-order valence-electron chi connectivity index (χ3n) is 2.31. The van der Waals surface area contributed by atoms with E-state index >= 15 is 0 Å². The van der Waals surface area contributed by atoms with Gasteiger partial charge in [0, 0.05) is 6.54 Å². The summed E-state index contributed by atoms with van der Waals surface area (Å²) in [6, 6.07) is 0. The lowest BCUT2D eigenvalue weighted by Gasteiger charge is -2.02. The number of unbranched alkanes of at least 4 members (excludes halogenated alkanes) is 7. The number of nitrogens with two attached hydrogens (primary N) is 1. The van der Waals surface area contributed by atoms with E-state index in [1.165, 1.54) is 44.9 Å². The molecule has 0 aromatic rings. The fourth-order valence-electron chi connectivity index (χ4n) is 1.45. The van der Waals surface area contributed by atoms with Gasteiger partial charge < -0.3 is 21.3 Å². The molecule has 4 nitrogen and oxygen atoms in total. The van der Waals surface area contributed by atoms with Crippen molar-refractivity contribution in [3.05, 3.63) is 0 Å². The minimum Gasteiger partial charge on any atom is -0.487 e. The Bertz CT molecular complexity index is 210. The Morgan fingerprint density at radius 2 is 1.33 bits per heavy atom. The van der Waals surface area contributed by atoms with Gasteiger partial charge in [-0.25, -0.2) is 0 Å². The molecule has 0 amide bonds. The predicted octanol–water partition coefficient (Wildman–Crippen LogP) is 3.35. The molecule has 0 saturated heterocycles. The summed E-state index contributed by atoms with van der Waals surface area (Å²) >= 11 is 8.36. The van der Waals surface area contributed by atoms with Gasteiger partial charge in [-0.3, -0.25) is 0 Å². The summed E-state index contributed by atoms with van der Waals surface area (Å²) in [6.07, 6.45) is 10.5. The van der Waals surface area contributed by atoms with Crippen LogP contribution in [0.5, 0.6) is 0 Å². The van der Waals surface area contributed by atoms with Gasteiger partial charge in [0.2, 0.25) is 0 Å². The molecule has 6 heteroatoms. The average molecular weight is 294 g/mol. The number of aliphatic hydroxyl groups is 2. The van der Waals surface area contributed by atoms with E-state index in [-0.39, 0.29) is 5.17 Å². The maximum atomic E-state index is 8.67. The Hall–Kier alpha value is -0.620. The van der Waals surface area contributed by atoms with E-state index in [1.807, 2.05) is 0 Å². The normalized spacial score (nSPS) is 9.17. The highest BCUT2D eigenvalue weighted by Gasteiger charge is 1.92. The van der Waals surface area contributed by atoms with E-state index in [9.17, 15) is 0 Å². The molecule has 5 N–H and O–H groups in total. The summed E-state index contributed by atoms with van der Waals surface area (Å²) in [4.78, 5) is 0. The van der Waals surface area contributed by atoms with Crippen LogP contribution in [0.2, 0.25) is 0 Å². The first-order valence-electron chi connectivity index (χ1n) is 6.45. The van der Waals surface area contributed by atoms with Crippen LogP contribution in [0.15, 0.2) is 0 Å². The van der Waals surface area contributed by atoms with Crippen LogP contribution in [0, 0.1) is 0 Å². The van der Waals surface area contributed by atoms with Gasteiger partial charge in [-0.2, -0.15) is 0 Å². The molecule has 0 aliphatic rings. The Kier molecular flexibility index (Phi) is 17.9. The molecule has 0 unspecified atom stereocenters. The van der Waals surface area contributed by atoms with Gasteiger partial charge >= 0.3 is 0 Å². The van der Waals surface area contributed by atoms with Crippen LogP contribution in [0.1, 0.15) is 58.3 Å². The Morgan fingerprint density at radius 1 is 0.944 bits per heavy atom. The first-order chi connectivity index (χ1) is 8.50. The molecule has 0 aliphatic heterocycles. The van der Waals surface area contributed by atoms with Crippen molar-refractivity contribution in [2.75, 3.05) is 6.54 Å². The van der Waals surface area contributed by atoms with Crippen molar-refractivity contribution in [2.24, 2.45) is 5.73 Å². The minimum atomic E-state index is -0.500. The highest BCUT2D eigenvalue weighted by atomic mass is 32.1. The van der Waals surface area contributed by atoms with Crippen LogP contribution in [-0.4, -0.2) is 27.1 Å². The number of nitrogens with one attached hydrogen (secondary N) is 1. The SMILES string of the molecule is CCCCCCCCCCNC(O)=S.NC(O)=S. The van der Waals surface area contributed by atoms with Crippen LogP contribution < -0.4 is 11.1 Å². The standard InChI is InChI=1S/C11H23NOS.CH3NOS/c1-2-3-4-5-6-7-8-9-10-12-11(13)14;2-1(3)4/h2-10H2,1H3,(H2,12,13,14);(H3,2,3,4). The molecule has 0 fully saturated rings. The largest absolute Gasteiger partial charge is 0.487 e. The third kappa shape index (κ3) is 29.5. The smallest absolute Gasteiger partial charge is 0.254 e. The van der Waals surface area contributed by atoms with Gasteiger partial charge in [-0.1, -0.05) is 51.9 Å². The molecule has 0 spiro atoms. The topological polar surface area (TPSA) is 78.5 Å². The Labute approximate surface area is 121 Å². The molecule has 0 aliphatic carbocycles. The molecule has 0 aromatic carbocycles. The molecule has 0 heterocycles. The van der Waals surface area contributed by atoms with Gasteiger partial charge in [0.1, 0.15) is 0 Å². The second kappa shape index (κ2) is 16.4. The monoisotopic (exact) mass is 294 g/mol. The fourth-order valence-corrected chi connectivity index (χ4v) is 1.56. The van der Waals surface area contributed by atoms with Gasteiger partial charge in [0.15, 0.2) is 0 Å². The van der Waals surface area contributed by atoms with Crippen molar-refractivity contribution in [1.29, 1.82) is 0 Å². The maximum Gasteiger partial charge on any atom is 0.254 e. The Morgan fingerprint density at radius 3 is 1.72 bits per heavy atom. The van der Waals surface area contributed by atoms with Crippen LogP contribution in [0.25, 0.3) is 0 Å². The van der Waals surface area contributed by atoms with Crippen molar-refractivity contribution in [1.82, 2.24) is 5.32 Å². The summed E-state index contributed by atoms with van der Waals surface area (Å²) in [6.45, 7) is 3.05. The number of aliphatic hydroxyl groups excluding tert-OH is 2.